The van der Waals surface area contributed by atoms with E-state index in [9.17, 15) is 4.79 Å². The third kappa shape index (κ3) is 7.34. The molecule has 0 saturated carbocycles. The molecule has 0 aliphatic heterocycles. The second-order valence-electron chi connectivity index (χ2n) is 4.44. The largest absolute Gasteiger partial charge is 0.355 e. The van der Waals surface area contributed by atoms with Gasteiger partial charge >= 0.3 is 0 Å². The van der Waals surface area contributed by atoms with Crippen molar-refractivity contribution in [1.82, 2.24) is 5.32 Å². The fraction of sp³-hybridized carbons (Fsp3) is 0.235. The first-order chi connectivity index (χ1) is 9.72. The summed E-state index contributed by atoms with van der Waals surface area (Å²) in [5.74, 6) is -0.101. The van der Waals surface area contributed by atoms with Crippen LogP contribution >= 0.6 is 0 Å². The van der Waals surface area contributed by atoms with Crippen molar-refractivity contribution in [3.8, 4) is 0 Å². The highest BCUT2D eigenvalue weighted by molar-refractivity contribution is 5.77. The molecule has 106 valence electrons. The third-order valence-corrected chi connectivity index (χ3v) is 2.70. The summed E-state index contributed by atoms with van der Waals surface area (Å²) in [5.41, 5.74) is 7.68. The lowest BCUT2D eigenvalue weighted by atomic mass is 10.1. The normalized spacial score (nSPS) is 9.30. The van der Waals surface area contributed by atoms with Crippen molar-refractivity contribution >= 4 is 5.91 Å². The first-order valence-electron chi connectivity index (χ1n) is 6.74. The second-order valence-corrected chi connectivity index (χ2v) is 4.44. The summed E-state index contributed by atoms with van der Waals surface area (Å²) < 4.78 is 0. The van der Waals surface area contributed by atoms with Gasteiger partial charge in [-0.1, -0.05) is 66.2 Å². The predicted molar refractivity (Wildman–Crippen MR) is 83.4 cm³/mol. The Hall–Kier alpha value is -2.13. The van der Waals surface area contributed by atoms with Crippen molar-refractivity contribution in [2.75, 3.05) is 13.1 Å². The molecule has 0 saturated heterocycles. The minimum absolute atomic E-state index is 0.0643. The molecule has 3 N–H and O–H groups in total. The molecule has 0 atom stereocenters. The fourth-order valence-electron chi connectivity index (χ4n) is 1.60. The molecule has 0 bridgehead atoms. The van der Waals surface area contributed by atoms with Crippen LogP contribution in [0.25, 0.3) is 0 Å². The molecule has 2 aromatic carbocycles. The van der Waals surface area contributed by atoms with E-state index < -0.39 is 0 Å². The smallest absolute Gasteiger partial charge is 0.233 e. The van der Waals surface area contributed by atoms with E-state index in [-0.39, 0.29) is 12.5 Å². The van der Waals surface area contributed by atoms with Gasteiger partial charge in [-0.3, -0.25) is 4.79 Å². The second kappa shape index (κ2) is 9.75. The van der Waals surface area contributed by atoms with Gasteiger partial charge in [0, 0.05) is 6.54 Å². The molecule has 0 unspecified atom stereocenters. The van der Waals surface area contributed by atoms with Gasteiger partial charge in [0.2, 0.25) is 5.91 Å². The van der Waals surface area contributed by atoms with Crippen molar-refractivity contribution in [3.05, 3.63) is 71.8 Å². The number of hydrogen-bond acceptors (Lipinski definition) is 2. The zero-order valence-corrected chi connectivity index (χ0v) is 11.9. The van der Waals surface area contributed by atoms with Gasteiger partial charge in [0.15, 0.2) is 0 Å². The molecule has 2 aromatic rings. The molecule has 3 heteroatoms. The summed E-state index contributed by atoms with van der Waals surface area (Å²) in [6.07, 6.45) is 0.854. The lowest BCUT2D eigenvalue weighted by Crippen LogP contribution is -2.31. The lowest BCUT2D eigenvalue weighted by molar-refractivity contribution is -0.119. The Balaban J connectivity index is 0.000000240. The molecular weight excluding hydrogens is 248 g/mol. The van der Waals surface area contributed by atoms with E-state index in [1.807, 2.05) is 48.5 Å². The number of nitrogens with two attached hydrogens (primary N) is 1. The Bertz CT molecular complexity index is 483. The number of amides is 1. The number of benzene rings is 2. The van der Waals surface area contributed by atoms with Gasteiger partial charge in [0.05, 0.1) is 6.54 Å². The van der Waals surface area contributed by atoms with Gasteiger partial charge in [0.25, 0.3) is 0 Å². The number of hydrogen-bond donors (Lipinski definition) is 2. The quantitative estimate of drug-likeness (QED) is 0.895. The summed E-state index contributed by atoms with van der Waals surface area (Å²) in [7, 11) is 0. The van der Waals surface area contributed by atoms with Crippen LogP contribution in [0.2, 0.25) is 0 Å². The zero-order valence-electron chi connectivity index (χ0n) is 11.9. The number of nitrogens with one attached hydrogen (secondary N) is 1. The van der Waals surface area contributed by atoms with Crippen LogP contribution in [-0.4, -0.2) is 19.0 Å². The van der Waals surface area contributed by atoms with Crippen LogP contribution in [0.15, 0.2) is 60.7 Å². The molecule has 0 fully saturated rings. The van der Waals surface area contributed by atoms with Gasteiger partial charge < -0.3 is 11.1 Å². The van der Waals surface area contributed by atoms with Crippen LogP contribution in [0.5, 0.6) is 0 Å². The Morgan fingerprint density at radius 3 is 2.00 bits per heavy atom. The molecule has 20 heavy (non-hydrogen) atoms. The molecule has 0 radical (unpaired) electrons. The molecule has 0 aromatic heterocycles. The average molecular weight is 270 g/mol. The predicted octanol–water partition coefficient (Wildman–Crippen LogP) is 2.30. The van der Waals surface area contributed by atoms with E-state index in [1.165, 1.54) is 11.1 Å². The molecule has 0 spiro atoms. The Morgan fingerprint density at radius 2 is 1.55 bits per heavy atom. The van der Waals surface area contributed by atoms with Crippen molar-refractivity contribution < 1.29 is 4.79 Å². The first kappa shape index (κ1) is 15.9. The van der Waals surface area contributed by atoms with E-state index in [0.717, 1.165) is 6.42 Å². The summed E-state index contributed by atoms with van der Waals surface area (Å²) in [6.45, 7) is 2.80. The van der Waals surface area contributed by atoms with E-state index in [1.54, 1.807) is 0 Å². The van der Waals surface area contributed by atoms with E-state index in [2.05, 4.69) is 24.4 Å². The highest BCUT2D eigenvalue weighted by atomic mass is 16.1. The highest BCUT2D eigenvalue weighted by Crippen LogP contribution is 1.97. The average Bonchev–Trinajstić information content (AvgIpc) is 2.49. The SMILES string of the molecule is Cc1ccccc1.NCC(=O)NCCc1ccccc1. The van der Waals surface area contributed by atoms with Crippen LogP contribution in [0.3, 0.4) is 0 Å². The van der Waals surface area contributed by atoms with Gasteiger partial charge in [-0.15, -0.1) is 0 Å². The highest BCUT2D eigenvalue weighted by Gasteiger charge is 1.95. The molecule has 1 amide bonds. The molecular formula is C17H22N2O. The molecule has 2 rings (SSSR count). The van der Waals surface area contributed by atoms with E-state index in [0.29, 0.717) is 6.54 Å². The zero-order chi connectivity index (χ0) is 14.6. The fourth-order valence-corrected chi connectivity index (χ4v) is 1.60. The summed E-state index contributed by atoms with van der Waals surface area (Å²) in [5, 5.41) is 2.72. The Morgan fingerprint density at radius 1 is 1.00 bits per heavy atom. The van der Waals surface area contributed by atoms with Crippen molar-refractivity contribution in [1.29, 1.82) is 0 Å². The summed E-state index contributed by atoms with van der Waals surface area (Å²) in [4.78, 5) is 10.8. The standard InChI is InChI=1S/C10H14N2O.C7H8/c11-8-10(13)12-7-6-9-4-2-1-3-5-9;1-7-5-3-2-4-6-7/h1-5H,6-8,11H2,(H,12,13);2-6H,1H3. The summed E-state index contributed by atoms with van der Waals surface area (Å²) >= 11 is 0. The lowest BCUT2D eigenvalue weighted by Gasteiger charge is -2.02. The third-order valence-electron chi connectivity index (χ3n) is 2.70. The van der Waals surface area contributed by atoms with Gasteiger partial charge in [-0.2, -0.15) is 0 Å². The van der Waals surface area contributed by atoms with Gasteiger partial charge in [0.1, 0.15) is 0 Å². The van der Waals surface area contributed by atoms with E-state index in [4.69, 9.17) is 5.73 Å². The maximum absolute atomic E-state index is 10.8. The number of carbonyl (C=O) groups is 1. The van der Waals surface area contributed by atoms with Crippen molar-refractivity contribution in [2.45, 2.75) is 13.3 Å². The molecule has 3 nitrogen and oxygen atoms in total. The van der Waals surface area contributed by atoms with Crippen LogP contribution in [0.4, 0.5) is 0 Å². The van der Waals surface area contributed by atoms with Gasteiger partial charge in [-0.05, 0) is 18.9 Å². The maximum Gasteiger partial charge on any atom is 0.233 e. The van der Waals surface area contributed by atoms with Crippen LogP contribution in [0.1, 0.15) is 11.1 Å². The monoisotopic (exact) mass is 270 g/mol. The molecule has 0 heterocycles. The van der Waals surface area contributed by atoms with Crippen LogP contribution in [0, 0.1) is 6.92 Å². The Labute approximate surface area is 120 Å². The summed E-state index contributed by atoms with van der Waals surface area (Å²) in [6, 6.07) is 20.3. The number of carbonyl (C=O) groups excluding carboxylic acids is 1. The maximum atomic E-state index is 10.8. The van der Waals surface area contributed by atoms with Crippen LogP contribution in [-0.2, 0) is 11.2 Å². The van der Waals surface area contributed by atoms with Crippen molar-refractivity contribution in [2.24, 2.45) is 5.73 Å². The number of rotatable bonds is 4. The van der Waals surface area contributed by atoms with Crippen LogP contribution < -0.4 is 11.1 Å². The van der Waals surface area contributed by atoms with E-state index >= 15 is 0 Å². The van der Waals surface area contributed by atoms with Gasteiger partial charge in [-0.25, -0.2) is 0 Å². The number of aryl methyl sites for hydroxylation is 1. The Kier molecular flexibility index (Phi) is 7.77. The molecule has 0 aliphatic rings. The first-order valence-corrected chi connectivity index (χ1v) is 6.74. The molecule has 0 aliphatic carbocycles. The minimum atomic E-state index is -0.101. The minimum Gasteiger partial charge on any atom is -0.355 e. The van der Waals surface area contributed by atoms with Crippen molar-refractivity contribution in [3.63, 3.8) is 0 Å². The topological polar surface area (TPSA) is 55.1 Å².